The summed E-state index contributed by atoms with van der Waals surface area (Å²) in [5, 5.41) is 10.2. The first-order valence-electron chi connectivity index (χ1n) is 8.93. The van der Waals surface area contributed by atoms with Crippen molar-refractivity contribution in [2.45, 2.75) is 38.0 Å². The van der Waals surface area contributed by atoms with Gasteiger partial charge in [0.25, 0.3) is 0 Å². The fraction of sp³-hybridized carbons (Fsp3) is 0.632. The van der Waals surface area contributed by atoms with Crippen LogP contribution in [0.1, 0.15) is 24.8 Å². The van der Waals surface area contributed by atoms with Crippen molar-refractivity contribution in [2.75, 3.05) is 33.4 Å². The Hall–Kier alpha value is -1.43. The molecule has 1 aliphatic heterocycles. The molecule has 2 fully saturated rings. The van der Waals surface area contributed by atoms with Gasteiger partial charge in [0.2, 0.25) is 5.91 Å². The Morgan fingerprint density at radius 3 is 2.83 bits per heavy atom. The summed E-state index contributed by atoms with van der Waals surface area (Å²) >= 11 is 0. The molecule has 24 heavy (non-hydrogen) atoms. The fourth-order valence-corrected chi connectivity index (χ4v) is 3.91. The number of amides is 1. The van der Waals surface area contributed by atoms with Crippen molar-refractivity contribution in [2.24, 2.45) is 5.92 Å². The number of nitrogens with zero attached hydrogens (tertiary/aromatic N) is 2. The molecule has 2 aliphatic rings. The van der Waals surface area contributed by atoms with Gasteiger partial charge in [-0.1, -0.05) is 36.8 Å². The topological polar surface area (TPSA) is 53.0 Å². The van der Waals surface area contributed by atoms with E-state index in [2.05, 4.69) is 4.90 Å². The number of aliphatic hydroxyl groups excluding tert-OH is 1. The maximum Gasteiger partial charge on any atom is 0.236 e. The van der Waals surface area contributed by atoms with Gasteiger partial charge in [-0.15, -0.1) is 0 Å². The Morgan fingerprint density at radius 2 is 2.12 bits per heavy atom. The average molecular weight is 332 g/mol. The summed E-state index contributed by atoms with van der Waals surface area (Å²) in [6.07, 6.45) is 2.71. The number of morpholine rings is 1. The van der Waals surface area contributed by atoms with E-state index in [0.717, 1.165) is 31.4 Å². The summed E-state index contributed by atoms with van der Waals surface area (Å²) in [7, 11) is 1.86. The van der Waals surface area contributed by atoms with Crippen LogP contribution in [0.3, 0.4) is 0 Å². The lowest BCUT2D eigenvalue weighted by atomic mass is 9.94. The van der Waals surface area contributed by atoms with Crippen molar-refractivity contribution in [3.05, 3.63) is 35.9 Å². The molecule has 132 valence electrons. The molecule has 1 aromatic rings. The molecule has 1 N–H and O–H groups in total. The van der Waals surface area contributed by atoms with Gasteiger partial charge < -0.3 is 14.7 Å². The first kappa shape index (κ1) is 17.4. The van der Waals surface area contributed by atoms with Crippen molar-refractivity contribution < 1.29 is 14.6 Å². The van der Waals surface area contributed by atoms with Crippen molar-refractivity contribution in [1.29, 1.82) is 0 Å². The monoisotopic (exact) mass is 332 g/mol. The van der Waals surface area contributed by atoms with Gasteiger partial charge in [-0.25, -0.2) is 0 Å². The van der Waals surface area contributed by atoms with E-state index in [1.54, 1.807) is 4.90 Å². The highest BCUT2D eigenvalue weighted by Gasteiger charge is 2.38. The maximum atomic E-state index is 12.6. The summed E-state index contributed by atoms with van der Waals surface area (Å²) in [6, 6.07) is 10.2. The number of carbonyl (C=O) groups excluding carboxylic acids is 1. The smallest absolute Gasteiger partial charge is 0.236 e. The summed E-state index contributed by atoms with van der Waals surface area (Å²) in [4.78, 5) is 16.6. The summed E-state index contributed by atoms with van der Waals surface area (Å²) < 4.78 is 5.63. The van der Waals surface area contributed by atoms with Crippen molar-refractivity contribution in [3.63, 3.8) is 0 Å². The Labute approximate surface area is 144 Å². The second kappa shape index (κ2) is 8.10. The third-order valence-corrected chi connectivity index (χ3v) is 5.33. The first-order valence-corrected chi connectivity index (χ1v) is 8.93. The van der Waals surface area contributed by atoms with Gasteiger partial charge in [-0.3, -0.25) is 9.69 Å². The van der Waals surface area contributed by atoms with Gasteiger partial charge >= 0.3 is 0 Å². The molecule has 1 aromatic carbocycles. The molecule has 5 heteroatoms. The molecule has 1 heterocycles. The van der Waals surface area contributed by atoms with Crippen LogP contribution in [0.25, 0.3) is 0 Å². The third kappa shape index (κ3) is 4.15. The van der Waals surface area contributed by atoms with E-state index in [4.69, 9.17) is 4.74 Å². The molecule has 1 saturated carbocycles. The van der Waals surface area contributed by atoms with E-state index in [1.807, 2.05) is 37.4 Å². The van der Waals surface area contributed by atoms with Gasteiger partial charge in [0.1, 0.15) is 0 Å². The first-order chi connectivity index (χ1) is 11.6. The third-order valence-electron chi connectivity index (χ3n) is 5.33. The number of likely N-dealkylation sites (N-methyl/N-ethyl adjacent to an activating group) is 1. The van der Waals surface area contributed by atoms with Crippen LogP contribution in [-0.4, -0.2) is 66.3 Å². The number of hydrogen-bond acceptors (Lipinski definition) is 4. The number of ether oxygens (including phenoxy) is 1. The van der Waals surface area contributed by atoms with E-state index in [9.17, 15) is 9.90 Å². The van der Waals surface area contributed by atoms with Crippen LogP contribution < -0.4 is 0 Å². The highest BCUT2D eigenvalue weighted by molar-refractivity contribution is 5.78. The van der Waals surface area contributed by atoms with Gasteiger partial charge in [-0.2, -0.15) is 0 Å². The molecule has 3 atom stereocenters. The Balaban J connectivity index is 1.59. The number of aliphatic hydroxyl groups is 1. The zero-order valence-corrected chi connectivity index (χ0v) is 14.4. The number of carbonyl (C=O) groups is 1. The van der Waals surface area contributed by atoms with E-state index in [1.165, 1.54) is 0 Å². The normalized spacial score (nSPS) is 28.0. The van der Waals surface area contributed by atoms with E-state index >= 15 is 0 Å². The van der Waals surface area contributed by atoms with Crippen LogP contribution in [0.5, 0.6) is 0 Å². The predicted octanol–water partition coefficient (Wildman–Crippen LogP) is 1.51. The largest absolute Gasteiger partial charge is 0.393 e. The highest BCUT2D eigenvalue weighted by atomic mass is 16.5. The lowest BCUT2D eigenvalue weighted by Crippen LogP contribution is -2.54. The lowest BCUT2D eigenvalue weighted by molar-refractivity contribution is -0.135. The molecule has 0 unspecified atom stereocenters. The molecule has 0 radical (unpaired) electrons. The minimum atomic E-state index is -0.253. The fourth-order valence-electron chi connectivity index (χ4n) is 3.91. The molecule has 0 aromatic heterocycles. The molecular weight excluding hydrogens is 304 g/mol. The molecule has 3 rings (SSSR count). The second-order valence-electron chi connectivity index (χ2n) is 7.01. The number of benzene rings is 1. The molecule has 0 bridgehead atoms. The Bertz CT molecular complexity index is 537. The average Bonchev–Trinajstić information content (AvgIpc) is 3.02. The van der Waals surface area contributed by atoms with Crippen molar-refractivity contribution in [1.82, 2.24) is 9.80 Å². The van der Waals surface area contributed by atoms with Gasteiger partial charge in [0, 0.05) is 32.1 Å². The lowest BCUT2D eigenvalue weighted by Gasteiger charge is -2.40. The standard InChI is InChI=1S/C19H28N2O3/c1-20(12-15-6-3-2-4-7-15)19(23)13-21-10-11-24-14-17(21)16-8-5-9-18(16)22/h2-4,6-7,16-18,22H,5,8-14H2,1H3/t16-,17+,18-/m0/s1. The van der Waals surface area contributed by atoms with Crippen LogP contribution in [0, 0.1) is 5.92 Å². The van der Waals surface area contributed by atoms with E-state index < -0.39 is 0 Å². The highest BCUT2D eigenvalue weighted by Crippen LogP contribution is 2.32. The zero-order chi connectivity index (χ0) is 16.9. The van der Waals surface area contributed by atoms with E-state index in [0.29, 0.717) is 26.3 Å². The molecule has 1 aliphatic carbocycles. The molecule has 1 amide bonds. The summed E-state index contributed by atoms with van der Waals surface area (Å²) in [5.74, 6) is 0.357. The molecular formula is C19H28N2O3. The molecule has 5 nitrogen and oxygen atoms in total. The minimum absolute atomic E-state index is 0.123. The van der Waals surface area contributed by atoms with Crippen molar-refractivity contribution >= 4 is 5.91 Å². The van der Waals surface area contributed by atoms with Crippen LogP contribution in [0.4, 0.5) is 0 Å². The van der Waals surface area contributed by atoms with Gasteiger partial charge in [0.05, 0.1) is 25.9 Å². The Morgan fingerprint density at radius 1 is 1.33 bits per heavy atom. The minimum Gasteiger partial charge on any atom is -0.393 e. The van der Waals surface area contributed by atoms with Crippen LogP contribution in [0.15, 0.2) is 30.3 Å². The van der Waals surface area contributed by atoms with Crippen LogP contribution in [-0.2, 0) is 16.1 Å². The number of rotatable bonds is 5. The van der Waals surface area contributed by atoms with Gasteiger partial charge in [0.15, 0.2) is 0 Å². The van der Waals surface area contributed by atoms with Gasteiger partial charge in [-0.05, 0) is 18.4 Å². The van der Waals surface area contributed by atoms with E-state index in [-0.39, 0.29) is 24.0 Å². The van der Waals surface area contributed by atoms with Crippen molar-refractivity contribution in [3.8, 4) is 0 Å². The van der Waals surface area contributed by atoms with Crippen LogP contribution in [0.2, 0.25) is 0 Å². The quantitative estimate of drug-likeness (QED) is 0.888. The predicted molar refractivity (Wildman–Crippen MR) is 92.4 cm³/mol. The molecule has 0 spiro atoms. The maximum absolute atomic E-state index is 12.6. The SMILES string of the molecule is CN(Cc1ccccc1)C(=O)CN1CCOC[C@@H]1[C@@H]1CCC[C@@H]1O. The summed E-state index contributed by atoms with van der Waals surface area (Å²) in [6.45, 7) is 3.08. The van der Waals surface area contributed by atoms with Crippen LogP contribution >= 0.6 is 0 Å². The number of hydrogen-bond donors (Lipinski definition) is 1. The zero-order valence-electron chi connectivity index (χ0n) is 14.4. The molecule has 1 saturated heterocycles. The second-order valence-corrected chi connectivity index (χ2v) is 7.01. The Kier molecular flexibility index (Phi) is 5.87. The summed E-state index contributed by atoms with van der Waals surface area (Å²) in [5.41, 5.74) is 1.14.